The van der Waals surface area contributed by atoms with Gasteiger partial charge in [0.15, 0.2) is 0 Å². The summed E-state index contributed by atoms with van der Waals surface area (Å²) in [6.07, 6.45) is 2.69. The molecule has 0 bridgehead atoms. The van der Waals surface area contributed by atoms with Gasteiger partial charge < -0.3 is 5.11 Å². The van der Waals surface area contributed by atoms with E-state index in [4.69, 9.17) is 0 Å². The lowest BCUT2D eigenvalue weighted by Gasteiger charge is -2.02. The number of hydrogen-bond acceptors (Lipinski definition) is 2. The Labute approximate surface area is 117 Å². The van der Waals surface area contributed by atoms with Crippen LogP contribution in [0.2, 0.25) is 0 Å². The summed E-state index contributed by atoms with van der Waals surface area (Å²) in [5, 5.41) is 13.3. The van der Waals surface area contributed by atoms with Crippen LogP contribution in [0.1, 0.15) is 23.6 Å². The monoisotopic (exact) mass is 318 g/mol. The molecule has 0 spiro atoms. The molecule has 90 valence electrons. The number of halogens is 1. The number of fused-ring (bicyclic) bond motifs is 2. The Morgan fingerprint density at radius 3 is 2.56 bits per heavy atom. The smallest absolute Gasteiger partial charge is 0.130 e. The van der Waals surface area contributed by atoms with Crippen molar-refractivity contribution in [1.29, 1.82) is 0 Å². The summed E-state index contributed by atoms with van der Waals surface area (Å²) in [5.74, 6) is 1.12. The Bertz CT molecular complexity index is 712. The Morgan fingerprint density at radius 2 is 1.78 bits per heavy atom. The highest BCUT2D eigenvalue weighted by atomic mass is 79.9. The van der Waals surface area contributed by atoms with E-state index in [1.807, 2.05) is 23.5 Å². The van der Waals surface area contributed by atoms with Crippen molar-refractivity contribution in [1.82, 2.24) is 0 Å². The van der Waals surface area contributed by atoms with Gasteiger partial charge in [-0.25, -0.2) is 0 Å². The van der Waals surface area contributed by atoms with E-state index in [2.05, 4.69) is 34.1 Å². The highest BCUT2D eigenvalue weighted by Gasteiger charge is 2.25. The number of thiophene rings is 1. The van der Waals surface area contributed by atoms with Crippen molar-refractivity contribution in [2.75, 3.05) is 0 Å². The fourth-order valence-corrected chi connectivity index (χ4v) is 4.01. The lowest BCUT2D eigenvalue weighted by Crippen LogP contribution is -1.74. The van der Waals surface area contributed by atoms with E-state index < -0.39 is 0 Å². The van der Waals surface area contributed by atoms with Gasteiger partial charge in [0.2, 0.25) is 0 Å². The van der Waals surface area contributed by atoms with Gasteiger partial charge in [0, 0.05) is 9.58 Å². The van der Waals surface area contributed by atoms with E-state index in [0.29, 0.717) is 5.75 Å². The van der Waals surface area contributed by atoms with Gasteiger partial charge in [-0.05, 0) is 81.2 Å². The van der Waals surface area contributed by atoms with Crippen molar-refractivity contribution in [2.45, 2.75) is 18.8 Å². The van der Waals surface area contributed by atoms with Crippen molar-refractivity contribution in [3.05, 3.63) is 39.7 Å². The maximum Gasteiger partial charge on any atom is 0.130 e. The normalized spacial score (nSPS) is 15.6. The molecule has 3 heteroatoms. The highest BCUT2D eigenvalue weighted by molar-refractivity contribution is 9.10. The van der Waals surface area contributed by atoms with E-state index in [-0.39, 0.29) is 0 Å². The largest absolute Gasteiger partial charge is 0.507 e. The fraction of sp³-hybridized carbons (Fsp3) is 0.200. The van der Waals surface area contributed by atoms with E-state index in [1.165, 1.54) is 33.2 Å². The SMILES string of the molecule is Oc1cc2cc3cc(C4CC4)sc3cc2cc1Br. The summed E-state index contributed by atoms with van der Waals surface area (Å²) in [5.41, 5.74) is 0. The third kappa shape index (κ3) is 1.65. The molecule has 1 aliphatic rings. The molecule has 1 nitrogen and oxygen atoms in total. The predicted molar refractivity (Wildman–Crippen MR) is 80.7 cm³/mol. The average molecular weight is 319 g/mol. The first-order chi connectivity index (χ1) is 8.70. The third-order valence-electron chi connectivity index (χ3n) is 3.54. The maximum absolute atomic E-state index is 9.75. The zero-order chi connectivity index (χ0) is 12.3. The summed E-state index contributed by atoms with van der Waals surface area (Å²) in [6.45, 7) is 0. The van der Waals surface area contributed by atoms with Gasteiger partial charge in [0.05, 0.1) is 4.47 Å². The van der Waals surface area contributed by atoms with Gasteiger partial charge in [-0.15, -0.1) is 11.3 Å². The summed E-state index contributed by atoms with van der Waals surface area (Å²) >= 11 is 5.29. The Morgan fingerprint density at radius 1 is 1.00 bits per heavy atom. The minimum Gasteiger partial charge on any atom is -0.507 e. The van der Waals surface area contributed by atoms with E-state index >= 15 is 0 Å². The van der Waals surface area contributed by atoms with Crippen molar-refractivity contribution in [3.63, 3.8) is 0 Å². The molecule has 18 heavy (non-hydrogen) atoms. The topological polar surface area (TPSA) is 20.2 Å². The number of rotatable bonds is 1. The molecule has 2 aromatic carbocycles. The molecule has 1 N–H and O–H groups in total. The summed E-state index contributed by atoms with van der Waals surface area (Å²) in [4.78, 5) is 1.52. The molecule has 4 rings (SSSR count). The molecular weight excluding hydrogens is 308 g/mol. The summed E-state index contributed by atoms with van der Waals surface area (Å²) in [6, 6.07) is 10.5. The summed E-state index contributed by atoms with van der Waals surface area (Å²) < 4.78 is 2.11. The Balaban J connectivity index is 2.02. The zero-order valence-electron chi connectivity index (χ0n) is 9.61. The van der Waals surface area contributed by atoms with Crippen molar-refractivity contribution in [2.24, 2.45) is 0 Å². The number of phenols is 1. The van der Waals surface area contributed by atoms with Crippen LogP contribution in [-0.4, -0.2) is 5.11 Å². The van der Waals surface area contributed by atoms with E-state index in [1.54, 1.807) is 0 Å². The highest BCUT2D eigenvalue weighted by Crippen LogP contribution is 2.45. The Hall–Kier alpha value is -1.06. The van der Waals surface area contributed by atoms with Gasteiger partial charge in [-0.3, -0.25) is 0 Å². The molecule has 0 aliphatic heterocycles. The second-order valence-electron chi connectivity index (χ2n) is 4.96. The van der Waals surface area contributed by atoms with Crippen molar-refractivity contribution < 1.29 is 5.11 Å². The van der Waals surface area contributed by atoms with Crippen LogP contribution in [0.25, 0.3) is 20.9 Å². The van der Waals surface area contributed by atoms with E-state index in [9.17, 15) is 5.11 Å². The lowest BCUT2D eigenvalue weighted by molar-refractivity contribution is 0.473. The number of hydrogen-bond donors (Lipinski definition) is 1. The van der Waals surface area contributed by atoms with Crippen LogP contribution >= 0.6 is 27.3 Å². The van der Waals surface area contributed by atoms with Crippen LogP contribution in [0.3, 0.4) is 0 Å². The molecule has 0 radical (unpaired) electrons. The third-order valence-corrected chi connectivity index (χ3v) is 5.44. The quantitative estimate of drug-likeness (QED) is 0.637. The first kappa shape index (κ1) is 10.8. The van der Waals surface area contributed by atoms with Crippen LogP contribution in [0.15, 0.2) is 34.8 Å². The first-order valence-corrected chi connectivity index (χ1v) is 7.67. The van der Waals surface area contributed by atoms with Crippen LogP contribution in [-0.2, 0) is 0 Å². The molecule has 1 fully saturated rings. The van der Waals surface area contributed by atoms with Crippen molar-refractivity contribution >= 4 is 48.1 Å². The maximum atomic E-state index is 9.75. The number of aromatic hydroxyl groups is 1. The second kappa shape index (κ2) is 3.72. The molecular formula is C15H11BrOS. The van der Waals surface area contributed by atoms with Gasteiger partial charge in [-0.2, -0.15) is 0 Å². The van der Waals surface area contributed by atoms with Gasteiger partial charge in [0.1, 0.15) is 5.75 Å². The number of phenolic OH excluding ortho intramolecular Hbond substituents is 1. The van der Waals surface area contributed by atoms with Gasteiger partial charge in [-0.1, -0.05) is 0 Å². The van der Waals surface area contributed by atoms with Crippen LogP contribution in [0.4, 0.5) is 0 Å². The molecule has 0 saturated heterocycles. The average Bonchev–Trinajstić information content (AvgIpc) is 3.10. The molecule has 1 aliphatic carbocycles. The van der Waals surface area contributed by atoms with Crippen molar-refractivity contribution in [3.8, 4) is 5.75 Å². The minimum atomic E-state index is 0.305. The van der Waals surface area contributed by atoms with Crippen LogP contribution in [0, 0.1) is 0 Å². The second-order valence-corrected chi connectivity index (χ2v) is 6.93. The fourth-order valence-electron chi connectivity index (χ4n) is 2.39. The molecule has 0 amide bonds. The molecule has 0 unspecified atom stereocenters. The van der Waals surface area contributed by atoms with Gasteiger partial charge >= 0.3 is 0 Å². The molecule has 1 aromatic heterocycles. The Kier molecular flexibility index (Phi) is 2.24. The van der Waals surface area contributed by atoms with E-state index in [0.717, 1.165) is 15.8 Å². The standard InChI is InChI=1S/C15H11BrOS/c16-12-4-10-6-15-11(3-9(10)5-13(12)17)7-14(18-15)8-1-2-8/h3-8,17H,1-2H2. The molecule has 1 heterocycles. The zero-order valence-corrected chi connectivity index (χ0v) is 12.0. The van der Waals surface area contributed by atoms with Crippen LogP contribution < -0.4 is 0 Å². The molecule has 0 atom stereocenters. The number of benzene rings is 2. The minimum absolute atomic E-state index is 0.305. The van der Waals surface area contributed by atoms with Gasteiger partial charge in [0.25, 0.3) is 0 Å². The molecule has 3 aromatic rings. The van der Waals surface area contributed by atoms with Crippen LogP contribution in [0.5, 0.6) is 5.75 Å². The first-order valence-electron chi connectivity index (χ1n) is 6.06. The lowest BCUT2D eigenvalue weighted by atomic mass is 10.1. The molecule has 1 saturated carbocycles. The predicted octanol–water partition coefficient (Wildman–Crippen LogP) is 5.40. The summed E-state index contributed by atoms with van der Waals surface area (Å²) in [7, 11) is 0.